The first-order chi connectivity index (χ1) is 17.9. The number of quaternary nitrogens is 1. The van der Waals surface area contributed by atoms with Crippen LogP contribution in [-0.2, 0) is 0 Å². The minimum atomic E-state index is -0.435. The first-order valence-corrected chi connectivity index (χ1v) is 12.7. The predicted octanol–water partition coefficient (Wildman–Crippen LogP) is 0.592. The molecule has 2 aromatic heterocycles. The molecule has 0 aliphatic carbocycles. The number of nitrogens with one attached hydrogen (secondary N) is 6. The van der Waals surface area contributed by atoms with Crippen molar-refractivity contribution >= 4 is 24.0 Å². The van der Waals surface area contributed by atoms with E-state index in [9.17, 15) is 19.2 Å². The zero-order valence-corrected chi connectivity index (χ0v) is 22.9. The van der Waals surface area contributed by atoms with Gasteiger partial charge in [-0.3, -0.25) is 20.2 Å². The number of carbonyl (C=O) groups is 2. The third-order valence-corrected chi connectivity index (χ3v) is 5.40. The normalized spacial score (nSPS) is 11.3. The SMILES string of the molecule is Cc1cc(=O)nc(NC(=O)NCCCN(CCCNC(=O)Nc2nc(=O)cc(C)[nH]2)CCC[N+](C)(C)C)[nH]1. The van der Waals surface area contributed by atoms with Gasteiger partial charge in [0.25, 0.3) is 11.1 Å². The number of aromatic amines is 2. The Labute approximate surface area is 222 Å². The fourth-order valence-corrected chi connectivity index (χ4v) is 3.69. The average molecular weight is 534 g/mol. The van der Waals surface area contributed by atoms with Crippen molar-refractivity contribution in [2.75, 3.05) is 71.0 Å². The van der Waals surface area contributed by atoms with Crippen molar-refractivity contribution in [3.8, 4) is 0 Å². The fourth-order valence-electron chi connectivity index (χ4n) is 3.69. The van der Waals surface area contributed by atoms with Crippen molar-refractivity contribution in [1.29, 1.82) is 0 Å². The van der Waals surface area contributed by atoms with E-state index in [2.05, 4.69) is 67.2 Å². The van der Waals surface area contributed by atoms with Gasteiger partial charge in [-0.05, 0) is 39.8 Å². The Morgan fingerprint density at radius 3 is 1.61 bits per heavy atom. The van der Waals surface area contributed by atoms with Crippen molar-refractivity contribution in [3.63, 3.8) is 0 Å². The van der Waals surface area contributed by atoms with E-state index in [1.54, 1.807) is 13.8 Å². The van der Waals surface area contributed by atoms with Crippen LogP contribution in [0.25, 0.3) is 0 Å². The molecule has 0 radical (unpaired) electrons. The van der Waals surface area contributed by atoms with Crippen LogP contribution in [0.15, 0.2) is 21.7 Å². The van der Waals surface area contributed by atoms with Gasteiger partial charge in [0.1, 0.15) is 0 Å². The highest BCUT2D eigenvalue weighted by atomic mass is 16.2. The van der Waals surface area contributed by atoms with Crippen LogP contribution >= 0.6 is 0 Å². The molecule has 14 heteroatoms. The van der Waals surface area contributed by atoms with Crippen LogP contribution in [0.3, 0.4) is 0 Å². The molecule has 0 aliphatic heterocycles. The molecule has 2 heterocycles. The van der Waals surface area contributed by atoms with Crippen LogP contribution in [0.4, 0.5) is 21.5 Å². The van der Waals surface area contributed by atoms with E-state index >= 15 is 0 Å². The number of rotatable bonds is 14. The van der Waals surface area contributed by atoms with Gasteiger partial charge in [0.15, 0.2) is 0 Å². The number of aryl methyl sites for hydroxylation is 2. The third kappa shape index (κ3) is 13.0. The van der Waals surface area contributed by atoms with Gasteiger partial charge >= 0.3 is 12.1 Å². The van der Waals surface area contributed by atoms with E-state index in [1.807, 2.05) is 0 Å². The van der Waals surface area contributed by atoms with Crippen LogP contribution < -0.4 is 32.4 Å². The maximum atomic E-state index is 12.1. The van der Waals surface area contributed by atoms with Gasteiger partial charge in [0, 0.05) is 49.6 Å². The molecule has 38 heavy (non-hydrogen) atoms. The molecule has 0 spiro atoms. The maximum Gasteiger partial charge on any atom is 0.321 e. The standard InChI is InChI=1S/C24H40N10O4/c1-17-15-19(35)29-21(27-17)31-23(37)25-9-6-11-33(13-8-14-34(3,4)5)12-7-10-26-24(38)32-22-28-18(2)16-20(36)30-22/h15-16H,6-14H2,1-5H3,(H5-,25,26,27,28,29,30,31,32,35,36,37,38)/p+1. The van der Waals surface area contributed by atoms with E-state index in [1.165, 1.54) is 12.1 Å². The molecule has 0 aliphatic rings. The van der Waals surface area contributed by atoms with Crippen LogP contribution in [0.1, 0.15) is 30.7 Å². The molecule has 0 saturated heterocycles. The molecule has 0 aromatic carbocycles. The molecule has 0 bridgehead atoms. The first kappa shape index (κ1) is 30.4. The number of hydrogen-bond acceptors (Lipinski definition) is 7. The minimum absolute atomic E-state index is 0.107. The molecule has 2 rings (SSSR count). The summed E-state index contributed by atoms with van der Waals surface area (Å²) in [5, 5.41) is 10.6. The second-order valence-electron chi connectivity index (χ2n) is 10.2. The molecule has 2 aromatic rings. The summed E-state index contributed by atoms with van der Waals surface area (Å²) in [6, 6.07) is 1.83. The van der Waals surface area contributed by atoms with E-state index in [4.69, 9.17) is 0 Å². The number of amides is 4. The second-order valence-corrected chi connectivity index (χ2v) is 10.2. The first-order valence-electron chi connectivity index (χ1n) is 12.7. The number of H-pyrrole nitrogens is 2. The van der Waals surface area contributed by atoms with Crippen molar-refractivity contribution < 1.29 is 14.1 Å². The van der Waals surface area contributed by atoms with E-state index in [0.29, 0.717) is 24.5 Å². The minimum Gasteiger partial charge on any atom is -0.338 e. The number of aromatic nitrogens is 4. The summed E-state index contributed by atoms with van der Waals surface area (Å²) in [6.07, 6.45) is 2.48. The van der Waals surface area contributed by atoms with Crippen molar-refractivity contribution in [1.82, 2.24) is 35.5 Å². The topological polar surface area (TPSA) is 177 Å². The van der Waals surface area contributed by atoms with Crippen molar-refractivity contribution in [2.45, 2.75) is 33.1 Å². The monoisotopic (exact) mass is 533 g/mol. The second kappa shape index (κ2) is 14.8. The zero-order valence-electron chi connectivity index (χ0n) is 22.9. The zero-order chi connectivity index (χ0) is 28.1. The van der Waals surface area contributed by atoms with Gasteiger partial charge in [-0.15, -0.1) is 0 Å². The molecule has 4 amide bonds. The summed E-state index contributed by atoms with van der Waals surface area (Å²) >= 11 is 0. The molecule has 210 valence electrons. The number of urea groups is 2. The number of nitrogens with zero attached hydrogens (tertiary/aromatic N) is 4. The summed E-state index contributed by atoms with van der Waals surface area (Å²) < 4.78 is 0.876. The number of hydrogen-bond donors (Lipinski definition) is 6. The summed E-state index contributed by atoms with van der Waals surface area (Å²) in [4.78, 5) is 62.6. The lowest BCUT2D eigenvalue weighted by Crippen LogP contribution is -2.39. The molecule has 0 saturated carbocycles. The Morgan fingerprint density at radius 2 is 1.21 bits per heavy atom. The average Bonchev–Trinajstić information content (AvgIpc) is 2.76. The van der Waals surface area contributed by atoms with Gasteiger partial charge < -0.3 is 30.0 Å². The fraction of sp³-hybridized carbons (Fsp3) is 0.583. The largest absolute Gasteiger partial charge is 0.338 e. The van der Waals surface area contributed by atoms with E-state index < -0.39 is 23.2 Å². The molecular weight excluding hydrogens is 492 g/mol. The van der Waals surface area contributed by atoms with Crippen LogP contribution in [0, 0.1) is 13.8 Å². The third-order valence-electron chi connectivity index (χ3n) is 5.40. The lowest BCUT2D eigenvalue weighted by atomic mass is 10.2. The molecule has 0 atom stereocenters. The van der Waals surface area contributed by atoms with Crippen LogP contribution in [0.5, 0.6) is 0 Å². The van der Waals surface area contributed by atoms with E-state index in [0.717, 1.165) is 49.9 Å². The lowest BCUT2D eigenvalue weighted by molar-refractivity contribution is -0.870. The number of anilines is 2. The molecular formula is C24H41N10O4+. The molecule has 14 nitrogen and oxygen atoms in total. The highest BCUT2D eigenvalue weighted by molar-refractivity contribution is 5.87. The Bertz CT molecular complexity index is 1090. The number of carbonyl (C=O) groups excluding carboxylic acids is 2. The highest BCUT2D eigenvalue weighted by Crippen LogP contribution is 2.01. The quantitative estimate of drug-likeness (QED) is 0.152. The molecule has 0 fully saturated rings. The van der Waals surface area contributed by atoms with Gasteiger partial charge in [-0.1, -0.05) is 0 Å². The Kier molecular flexibility index (Phi) is 11.9. The highest BCUT2D eigenvalue weighted by Gasteiger charge is 2.11. The summed E-state index contributed by atoms with van der Waals surface area (Å²) in [7, 11) is 6.46. The summed E-state index contributed by atoms with van der Waals surface area (Å²) in [5.74, 6) is 0.214. The van der Waals surface area contributed by atoms with Crippen molar-refractivity contribution in [2.24, 2.45) is 0 Å². The van der Waals surface area contributed by atoms with Gasteiger partial charge in [0.05, 0.1) is 27.7 Å². The van der Waals surface area contributed by atoms with Crippen LogP contribution in [0.2, 0.25) is 0 Å². The van der Waals surface area contributed by atoms with Gasteiger partial charge in [-0.2, -0.15) is 9.97 Å². The van der Waals surface area contributed by atoms with Crippen LogP contribution in [-0.4, -0.2) is 102 Å². The molecule has 6 N–H and O–H groups in total. The summed E-state index contributed by atoms with van der Waals surface area (Å²) in [5.41, 5.74) is 0.377. The summed E-state index contributed by atoms with van der Waals surface area (Å²) in [6.45, 7) is 7.81. The predicted molar refractivity (Wildman–Crippen MR) is 146 cm³/mol. The Morgan fingerprint density at radius 1 is 0.789 bits per heavy atom. The van der Waals surface area contributed by atoms with Gasteiger partial charge in [-0.25, -0.2) is 9.59 Å². The molecule has 0 unspecified atom stereocenters. The lowest BCUT2D eigenvalue weighted by Gasteiger charge is -2.27. The Balaban J connectivity index is 1.74. The maximum absolute atomic E-state index is 12.1. The van der Waals surface area contributed by atoms with Crippen molar-refractivity contribution in [3.05, 3.63) is 44.2 Å². The van der Waals surface area contributed by atoms with Gasteiger partial charge in [0.2, 0.25) is 11.9 Å². The Hall–Kier alpha value is -3.78. The van der Waals surface area contributed by atoms with E-state index in [-0.39, 0.29) is 11.9 Å². The smallest absolute Gasteiger partial charge is 0.321 e.